The maximum absolute atomic E-state index is 11.3. The fourth-order valence-electron chi connectivity index (χ4n) is 1.41. The largest absolute Gasteiger partial charge is 0.356 e. The van der Waals surface area contributed by atoms with Crippen LogP contribution in [-0.2, 0) is 4.79 Å². The smallest absolute Gasteiger partial charge is 0.221 e. The third kappa shape index (κ3) is 5.53. The first-order chi connectivity index (χ1) is 7.09. The molecule has 16 heavy (non-hydrogen) atoms. The van der Waals surface area contributed by atoms with Crippen molar-refractivity contribution in [3.05, 3.63) is 0 Å². The number of carbonyl (C=O) groups is 1. The molecule has 0 aliphatic carbocycles. The Balaban J connectivity index is 0.00000225. The molecule has 0 aromatic rings. The van der Waals surface area contributed by atoms with E-state index >= 15 is 0 Å². The number of amides is 1. The van der Waals surface area contributed by atoms with E-state index < -0.39 is 0 Å². The van der Waals surface area contributed by atoms with Crippen LogP contribution in [0.5, 0.6) is 0 Å². The Hall–Kier alpha value is -0.530. The van der Waals surface area contributed by atoms with E-state index in [1.165, 1.54) is 0 Å². The summed E-state index contributed by atoms with van der Waals surface area (Å²) >= 11 is 0. The number of halogens is 1. The van der Waals surface area contributed by atoms with Gasteiger partial charge in [-0.3, -0.25) is 9.79 Å². The minimum Gasteiger partial charge on any atom is -0.356 e. The van der Waals surface area contributed by atoms with Crippen LogP contribution in [0.15, 0.2) is 4.99 Å². The van der Waals surface area contributed by atoms with Crippen molar-refractivity contribution in [1.29, 1.82) is 0 Å². The Morgan fingerprint density at radius 2 is 2.25 bits per heavy atom. The molecule has 94 valence electrons. The molecular formula is C10H21IN4O. The zero-order chi connectivity index (χ0) is 11.3. The van der Waals surface area contributed by atoms with Gasteiger partial charge >= 0.3 is 0 Å². The number of guanidine groups is 1. The summed E-state index contributed by atoms with van der Waals surface area (Å²) in [6.07, 6.45) is 0.491. The van der Waals surface area contributed by atoms with Gasteiger partial charge < -0.3 is 15.5 Å². The fraction of sp³-hybridized carbons (Fsp3) is 0.800. The van der Waals surface area contributed by atoms with Crippen LogP contribution in [0.2, 0.25) is 0 Å². The lowest BCUT2D eigenvalue weighted by Gasteiger charge is -2.15. The predicted molar refractivity (Wildman–Crippen MR) is 76.2 cm³/mol. The minimum atomic E-state index is 0. The number of hydrogen-bond donors (Lipinski definition) is 2. The molecule has 0 aromatic heterocycles. The van der Waals surface area contributed by atoms with Crippen molar-refractivity contribution in [1.82, 2.24) is 15.5 Å². The van der Waals surface area contributed by atoms with Gasteiger partial charge in [0.05, 0.1) is 6.54 Å². The molecule has 0 atom stereocenters. The highest BCUT2D eigenvalue weighted by molar-refractivity contribution is 14.0. The first-order valence-electron chi connectivity index (χ1n) is 5.38. The van der Waals surface area contributed by atoms with E-state index in [-0.39, 0.29) is 35.9 Å². The van der Waals surface area contributed by atoms with Crippen LogP contribution >= 0.6 is 24.0 Å². The van der Waals surface area contributed by atoms with Crippen molar-refractivity contribution in [3.8, 4) is 0 Å². The average molecular weight is 340 g/mol. The molecule has 6 heteroatoms. The van der Waals surface area contributed by atoms with E-state index in [2.05, 4.69) is 20.5 Å². The van der Waals surface area contributed by atoms with Crippen molar-refractivity contribution in [3.63, 3.8) is 0 Å². The lowest BCUT2D eigenvalue weighted by atomic mass is 10.3. The van der Waals surface area contributed by atoms with Gasteiger partial charge in [0, 0.05) is 32.6 Å². The SMILES string of the molecule is CC(C)NC(=O)CCNC1=NCCN1C.I. The summed E-state index contributed by atoms with van der Waals surface area (Å²) < 4.78 is 0. The Bertz CT molecular complexity index is 255. The van der Waals surface area contributed by atoms with Crippen LogP contribution in [-0.4, -0.2) is 49.5 Å². The first kappa shape index (κ1) is 15.5. The van der Waals surface area contributed by atoms with E-state index in [4.69, 9.17) is 0 Å². The second-order valence-corrected chi connectivity index (χ2v) is 4.03. The van der Waals surface area contributed by atoms with Crippen LogP contribution in [0, 0.1) is 0 Å². The molecule has 0 bridgehead atoms. The van der Waals surface area contributed by atoms with Gasteiger partial charge in [0.2, 0.25) is 5.91 Å². The number of rotatable bonds is 4. The normalized spacial score (nSPS) is 14.5. The molecule has 0 saturated heterocycles. The third-order valence-corrected chi connectivity index (χ3v) is 2.14. The molecule has 1 rings (SSSR count). The molecule has 1 amide bonds. The number of likely N-dealkylation sites (N-methyl/N-ethyl adjacent to an activating group) is 1. The van der Waals surface area contributed by atoms with Gasteiger partial charge in [-0.25, -0.2) is 0 Å². The Labute approximate surface area is 114 Å². The quantitative estimate of drug-likeness (QED) is 0.729. The van der Waals surface area contributed by atoms with Crippen molar-refractivity contribution in [2.45, 2.75) is 26.3 Å². The molecule has 1 heterocycles. The number of nitrogens with zero attached hydrogens (tertiary/aromatic N) is 2. The van der Waals surface area contributed by atoms with Crippen LogP contribution in [0.3, 0.4) is 0 Å². The Morgan fingerprint density at radius 3 is 2.75 bits per heavy atom. The first-order valence-corrected chi connectivity index (χ1v) is 5.38. The molecule has 2 N–H and O–H groups in total. The van der Waals surface area contributed by atoms with Crippen LogP contribution in [0.1, 0.15) is 20.3 Å². The maximum Gasteiger partial charge on any atom is 0.221 e. The highest BCUT2D eigenvalue weighted by atomic mass is 127. The monoisotopic (exact) mass is 340 g/mol. The summed E-state index contributed by atoms with van der Waals surface area (Å²) in [5, 5.41) is 6.00. The molecular weight excluding hydrogens is 319 g/mol. The fourth-order valence-corrected chi connectivity index (χ4v) is 1.41. The molecule has 0 aromatic carbocycles. The summed E-state index contributed by atoms with van der Waals surface area (Å²) in [6, 6.07) is 0.212. The van der Waals surface area contributed by atoms with Crippen molar-refractivity contribution in [2.24, 2.45) is 4.99 Å². The zero-order valence-corrected chi connectivity index (χ0v) is 12.4. The lowest BCUT2D eigenvalue weighted by molar-refractivity contribution is -0.121. The molecule has 0 radical (unpaired) electrons. The molecule has 5 nitrogen and oxygen atoms in total. The van der Waals surface area contributed by atoms with E-state index in [0.717, 1.165) is 19.0 Å². The van der Waals surface area contributed by atoms with Crippen LogP contribution in [0.4, 0.5) is 0 Å². The maximum atomic E-state index is 11.3. The average Bonchev–Trinajstić information content (AvgIpc) is 2.50. The number of nitrogens with one attached hydrogen (secondary N) is 2. The summed E-state index contributed by atoms with van der Waals surface area (Å²) in [5.74, 6) is 0.978. The topological polar surface area (TPSA) is 56.7 Å². The van der Waals surface area contributed by atoms with Gasteiger partial charge in [0.15, 0.2) is 5.96 Å². The van der Waals surface area contributed by atoms with Gasteiger partial charge in [0.1, 0.15) is 0 Å². The summed E-state index contributed by atoms with van der Waals surface area (Å²) in [7, 11) is 1.99. The third-order valence-electron chi connectivity index (χ3n) is 2.14. The zero-order valence-electron chi connectivity index (χ0n) is 10.1. The molecule has 0 unspecified atom stereocenters. The van der Waals surface area contributed by atoms with Gasteiger partial charge in [-0.2, -0.15) is 0 Å². The van der Waals surface area contributed by atoms with Crippen LogP contribution < -0.4 is 10.6 Å². The Morgan fingerprint density at radius 1 is 1.56 bits per heavy atom. The van der Waals surface area contributed by atoms with Gasteiger partial charge in [0.25, 0.3) is 0 Å². The molecule has 1 aliphatic heterocycles. The predicted octanol–water partition coefficient (Wildman–Crippen LogP) is 0.410. The standard InChI is InChI=1S/C10H20N4O.HI/c1-8(2)13-9(15)4-5-11-10-12-6-7-14(10)3;/h8H,4-7H2,1-3H3,(H,11,12)(H,13,15);1H. The van der Waals surface area contributed by atoms with Gasteiger partial charge in [-0.1, -0.05) is 0 Å². The second kappa shape index (κ2) is 7.70. The Kier molecular flexibility index (Phi) is 7.44. The van der Waals surface area contributed by atoms with Crippen molar-refractivity contribution in [2.75, 3.05) is 26.7 Å². The summed E-state index contributed by atoms with van der Waals surface area (Å²) in [5.41, 5.74) is 0. The summed E-state index contributed by atoms with van der Waals surface area (Å²) in [6.45, 7) is 6.36. The highest BCUT2D eigenvalue weighted by Crippen LogP contribution is 1.94. The van der Waals surface area contributed by atoms with E-state index in [0.29, 0.717) is 13.0 Å². The number of hydrogen-bond acceptors (Lipinski definition) is 4. The van der Waals surface area contributed by atoms with Crippen molar-refractivity contribution < 1.29 is 4.79 Å². The van der Waals surface area contributed by atoms with Gasteiger partial charge in [-0.05, 0) is 13.8 Å². The van der Waals surface area contributed by atoms with Gasteiger partial charge in [-0.15, -0.1) is 24.0 Å². The molecule has 0 saturated carbocycles. The highest BCUT2D eigenvalue weighted by Gasteiger charge is 2.11. The number of carbonyl (C=O) groups excluding carboxylic acids is 1. The summed E-state index contributed by atoms with van der Waals surface area (Å²) in [4.78, 5) is 17.6. The van der Waals surface area contributed by atoms with E-state index in [1.807, 2.05) is 20.9 Å². The van der Waals surface area contributed by atoms with E-state index in [1.54, 1.807) is 0 Å². The molecule has 1 aliphatic rings. The van der Waals surface area contributed by atoms with Crippen LogP contribution in [0.25, 0.3) is 0 Å². The lowest BCUT2D eigenvalue weighted by Crippen LogP contribution is -2.38. The minimum absolute atomic E-state index is 0. The number of aliphatic imine (C=N–C) groups is 1. The van der Waals surface area contributed by atoms with Crippen molar-refractivity contribution >= 4 is 35.8 Å². The second-order valence-electron chi connectivity index (χ2n) is 4.03. The van der Waals surface area contributed by atoms with E-state index in [9.17, 15) is 4.79 Å². The molecule has 0 fully saturated rings. The molecule has 0 spiro atoms.